The monoisotopic (exact) mass is 304 g/mol. The summed E-state index contributed by atoms with van der Waals surface area (Å²) in [4.78, 5) is 14.3. The Morgan fingerprint density at radius 3 is 2.50 bits per heavy atom. The molecule has 2 N–H and O–H groups in total. The third-order valence-electron chi connectivity index (χ3n) is 3.27. The van der Waals surface area contributed by atoms with E-state index in [0.29, 0.717) is 17.1 Å². The van der Waals surface area contributed by atoms with Crippen LogP contribution in [-0.2, 0) is 6.54 Å². The first kappa shape index (κ1) is 14.2. The molecule has 114 valence electrons. The van der Waals surface area contributed by atoms with Gasteiger partial charge in [0.05, 0.1) is 12.9 Å². The van der Waals surface area contributed by atoms with Gasteiger partial charge in [-0.25, -0.2) is 13.8 Å². The number of nitrogen functional groups attached to an aromatic ring is 1. The summed E-state index contributed by atoms with van der Waals surface area (Å²) in [6, 6.07) is 3.75. The Hall–Kier alpha value is -2.77. The fourth-order valence-electron chi connectivity index (χ4n) is 2.12. The molecule has 0 fully saturated rings. The second kappa shape index (κ2) is 5.21. The van der Waals surface area contributed by atoms with Crippen LogP contribution >= 0.6 is 0 Å². The topological polar surface area (TPSA) is 72.9 Å². The minimum Gasteiger partial charge on any atom is -0.382 e. The minimum atomic E-state index is -0.614. The SMILES string of the molecule is CN(C)c1nc(N)c2ncn(Cc3c(F)cccc3F)c2n1. The van der Waals surface area contributed by atoms with Crippen LogP contribution in [0, 0.1) is 11.6 Å². The van der Waals surface area contributed by atoms with Crippen LogP contribution in [0.2, 0.25) is 0 Å². The van der Waals surface area contributed by atoms with E-state index in [1.54, 1.807) is 23.6 Å². The standard InChI is InChI=1S/C14H14F2N6/c1-21(2)14-19-12(17)11-13(20-14)22(7-18-11)6-8-9(15)4-3-5-10(8)16/h3-5,7H,6H2,1-2H3,(H2,17,19,20). The number of hydrogen-bond acceptors (Lipinski definition) is 5. The van der Waals surface area contributed by atoms with E-state index in [-0.39, 0.29) is 17.9 Å². The van der Waals surface area contributed by atoms with Gasteiger partial charge in [0.1, 0.15) is 17.2 Å². The first-order chi connectivity index (χ1) is 10.5. The van der Waals surface area contributed by atoms with Crippen molar-refractivity contribution in [1.29, 1.82) is 0 Å². The summed E-state index contributed by atoms with van der Waals surface area (Å²) >= 11 is 0. The van der Waals surface area contributed by atoms with Crippen LogP contribution in [0.4, 0.5) is 20.5 Å². The number of benzene rings is 1. The Balaban J connectivity index is 2.12. The second-order valence-corrected chi connectivity index (χ2v) is 5.05. The molecule has 22 heavy (non-hydrogen) atoms. The predicted molar refractivity (Wildman–Crippen MR) is 79.5 cm³/mol. The Morgan fingerprint density at radius 1 is 1.18 bits per heavy atom. The fourth-order valence-corrected chi connectivity index (χ4v) is 2.12. The molecule has 0 atom stereocenters. The van der Waals surface area contributed by atoms with Crippen LogP contribution in [0.3, 0.4) is 0 Å². The number of hydrogen-bond donors (Lipinski definition) is 1. The van der Waals surface area contributed by atoms with Gasteiger partial charge in [-0.05, 0) is 12.1 Å². The highest BCUT2D eigenvalue weighted by Gasteiger charge is 2.15. The lowest BCUT2D eigenvalue weighted by atomic mass is 10.2. The van der Waals surface area contributed by atoms with Crippen molar-refractivity contribution in [2.24, 2.45) is 0 Å². The largest absolute Gasteiger partial charge is 0.382 e. The maximum Gasteiger partial charge on any atom is 0.228 e. The van der Waals surface area contributed by atoms with Gasteiger partial charge < -0.3 is 15.2 Å². The molecular weight excluding hydrogens is 290 g/mol. The molecule has 2 aromatic heterocycles. The summed E-state index contributed by atoms with van der Waals surface area (Å²) in [5.41, 5.74) is 6.64. The van der Waals surface area contributed by atoms with Gasteiger partial charge >= 0.3 is 0 Å². The van der Waals surface area contributed by atoms with Crippen molar-refractivity contribution in [3.8, 4) is 0 Å². The molecule has 0 unspecified atom stereocenters. The molecule has 0 bridgehead atoms. The molecule has 3 aromatic rings. The zero-order chi connectivity index (χ0) is 15.9. The summed E-state index contributed by atoms with van der Waals surface area (Å²) in [5, 5.41) is 0. The van der Waals surface area contributed by atoms with Gasteiger partial charge in [-0.1, -0.05) is 6.07 Å². The van der Waals surface area contributed by atoms with E-state index in [2.05, 4.69) is 15.0 Å². The summed E-state index contributed by atoms with van der Waals surface area (Å²) in [5.74, 6) is -0.601. The Kier molecular flexibility index (Phi) is 3.36. The Morgan fingerprint density at radius 2 is 1.86 bits per heavy atom. The average molecular weight is 304 g/mol. The maximum absolute atomic E-state index is 13.8. The Bertz CT molecular complexity index is 822. The number of aromatic nitrogens is 4. The third kappa shape index (κ3) is 2.32. The number of anilines is 2. The van der Waals surface area contributed by atoms with Crippen molar-refractivity contribution in [2.45, 2.75) is 6.54 Å². The van der Waals surface area contributed by atoms with Crippen LogP contribution in [0.5, 0.6) is 0 Å². The van der Waals surface area contributed by atoms with Crippen molar-refractivity contribution in [1.82, 2.24) is 19.5 Å². The van der Waals surface area contributed by atoms with E-state index < -0.39 is 11.6 Å². The highest BCUT2D eigenvalue weighted by molar-refractivity contribution is 5.83. The van der Waals surface area contributed by atoms with Gasteiger partial charge in [0.25, 0.3) is 0 Å². The normalized spacial score (nSPS) is 11.1. The first-order valence-electron chi connectivity index (χ1n) is 6.56. The molecule has 0 aliphatic carbocycles. The number of nitrogens with zero attached hydrogens (tertiary/aromatic N) is 5. The van der Waals surface area contributed by atoms with Crippen molar-refractivity contribution in [2.75, 3.05) is 24.7 Å². The van der Waals surface area contributed by atoms with Crippen molar-refractivity contribution < 1.29 is 8.78 Å². The lowest BCUT2D eigenvalue weighted by Gasteiger charge is -2.11. The third-order valence-corrected chi connectivity index (χ3v) is 3.27. The molecule has 0 aliphatic heterocycles. The molecule has 0 saturated carbocycles. The average Bonchev–Trinajstić information content (AvgIpc) is 2.86. The summed E-state index contributed by atoms with van der Waals surface area (Å²) < 4.78 is 29.1. The van der Waals surface area contributed by atoms with Gasteiger partial charge in [0.15, 0.2) is 11.5 Å². The maximum atomic E-state index is 13.8. The van der Waals surface area contributed by atoms with Gasteiger partial charge in [0.2, 0.25) is 5.95 Å². The molecule has 6 nitrogen and oxygen atoms in total. The summed E-state index contributed by atoms with van der Waals surface area (Å²) in [6.45, 7) is -0.0294. The van der Waals surface area contributed by atoms with Gasteiger partial charge in [-0.3, -0.25) is 0 Å². The number of fused-ring (bicyclic) bond motifs is 1. The van der Waals surface area contributed by atoms with E-state index in [1.165, 1.54) is 24.5 Å². The van der Waals surface area contributed by atoms with E-state index in [1.807, 2.05) is 0 Å². The minimum absolute atomic E-state index is 0.0294. The second-order valence-electron chi connectivity index (χ2n) is 5.05. The van der Waals surface area contributed by atoms with E-state index in [9.17, 15) is 8.78 Å². The van der Waals surface area contributed by atoms with Crippen molar-refractivity contribution in [3.63, 3.8) is 0 Å². The highest BCUT2D eigenvalue weighted by atomic mass is 19.1. The zero-order valence-corrected chi connectivity index (χ0v) is 12.1. The summed E-state index contributed by atoms with van der Waals surface area (Å²) in [7, 11) is 3.55. The van der Waals surface area contributed by atoms with Crippen LogP contribution in [0.25, 0.3) is 11.2 Å². The van der Waals surface area contributed by atoms with Crippen molar-refractivity contribution >= 4 is 22.9 Å². The molecule has 0 aliphatic rings. The molecule has 1 aromatic carbocycles. The van der Waals surface area contributed by atoms with Crippen LogP contribution in [-0.4, -0.2) is 33.6 Å². The summed E-state index contributed by atoms with van der Waals surface area (Å²) in [6.07, 6.45) is 1.45. The smallest absolute Gasteiger partial charge is 0.228 e. The quantitative estimate of drug-likeness (QED) is 0.799. The van der Waals surface area contributed by atoms with E-state index >= 15 is 0 Å². The zero-order valence-electron chi connectivity index (χ0n) is 12.1. The van der Waals surface area contributed by atoms with Crippen LogP contribution in [0.1, 0.15) is 5.56 Å². The molecular formula is C14H14F2N6. The molecule has 0 saturated heterocycles. The number of imidazole rings is 1. The van der Waals surface area contributed by atoms with Crippen LogP contribution in [0.15, 0.2) is 24.5 Å². The van der Waals surface area contributed by atoms with Crippen molar-refractivity contribution in [3.05, 3.63) is 41.7 Å². The van der Waals surface area contributed by atoms with E-state index in [0.717, 1.165) is 0 Å². The number of rotatable bonds is 3. The first-order valence-corrected chi connectivity index (χ1v) is 6.56. The molecule has 0 spiro atoms. The van der Waals surface area contributed by atoms with Gasteiger partial charge in [-0.15, -0.1) is 0 Å². The fraction of sp³-hybridized carbons (Fsp3) is 0.214. The Labute approximate surface area is 125 Å². The highest BCUT2D eigenvalue weighted by Crippen LogP contribution is 2.21. The molecule has 8 heteroatoms. The molecule has 0 amide bonds. The number of halogens is 2. The van der Waals surface area contributed by atoms with Crippen LogP contribution < -0.4 is 10.6 Å². The predicted octanol–water partition coefficient (Wildman–Crippen LogP) is 1.80. The van der Waals surface area contributed by atoms with Gasteiger partial charge in [-0.2, -0.15) is 9.97 Å². The van der Waals surface area contributed by atoms with Gasteiger partial charge in [0, 0.05) is 19.7 Å². The lowest BCUT2D eigenvalue weighted by Crippen LogP contribution is -2.14. The molecule has 2 heterocycles. The van der Waals surface area contributed by atoms with E-state index in [4.69, 9.17) is 5.73 Å². The number of nitrogens with two attached hydrogens (primary N) is 1. The lowest BCUT2D eigenvalue weighted by molar-refractivity contribution is 0.546. The molecule has 0 radical (unpaired) electrons. The molecule has 3 rings (SSSR count).